The number of carbonyl (C=O) groups excluding carboxylic acids is 1. The van der Waals surface area contributed by atoms with Gasteiger partial charge >= 0.3 is 5.97 Å². The molecule has 0 aromatic rings. The molecule has 0 saturated carbocycles. The predicted molar refractivity (Wildman–Crippen MR) is 102 cm³/mol. The molecular weight excluding hydrogens is 342 g/mol. The molecule has 25 heavy (non-hydrogen) atoms. The number of quaternary nitrogens is 1. The van der Waals surface area contributed by atoms with E-state index in [2.05, 4.69) is 6.92 Å². The van der Waals surface area contributed by atoms with Gasteiger partial charge in [0, 0.05) is 6.42 Å². The Bertz CT molecular complexity index is 361. The summed E-state index contributed by atoms with van der Waals surface area (Å²) in [6.45, 7) is 2.23. The SMILES string of the molecule is CCCCCCCCCCCCCCC(C(=O)O)[N+](C)(C)C(=O)[O-].Cl. The minimum Gasteiger partial charge on any atom is -0.498 e. The zero-order chi connectivity index (χ0) is 18.4. The Balaban J connectivity index is 0. The van der Waals surface area contributed by atoms with Crippen LogP contribution in [0.1, 0.15) is 90.4 Å². The van der Waals surface area contributed by atoms with Crippen molar-refractivity contribution in [1.82, 2.24) is 0 Å². The number of likely N-dealkylation sites (N-methyl/N-ethyl adjacent to an activating group) is 1. The summed E-state index contributed by atoms with van der Waals surface area (Å²) >= 11 is 0. The van der Waals surface area contributed by atoms with Crippen LogP contribution in [0.25, 0.3) is 0 Å². The third-order valence-corrected chi connectivity index (χ3v) is 4.87. The Kier molecular flexibility index (Phi) is 16.3. The second-order valence-electron chi connectivity index (χ2n) is 7.34. The minimum absolute atomic E-state index is 0. The first-order chi connectivity index (χ1) is 11.3. The van der Waals surface area contributed by atoms with Gasteiger partial charge in [-0.05, 0) is 6.42 Å². The Morgan fingerprint density at radius 2 is 1.20 bits per heavy atom. The van der Waals surface area contributed by atoms with Gasteiger partial charge in [0.05, 0.1) is 14.1 Å². The molecule has 5 nitrogen and oxygen atoms in total. The topological polar surface area (TPSA) is 77.4 Å². The van der Waals surface area contributed by atoms with Gasteiger partial charge in [-0.25, -0.2) is 4.79 Å². The molecule has 0 aliphatic heterocycles. The first kappa shape index (κ1) is 26.4. The summed E-state index contributed by atoms with van der Waals surface area (Å²) in [4.78, 5) is 22.4. The van der Waals surface area contributed by atoms with E-state index in [0.717, 1.165) is 19.3 Å². The van der Waals surface area contributed by atoms with E-state index in [1.54, 1.807) is 0 Å². The fourth-order valence-corrected chi connectivity index (χ4v) is 3.03. The lowest BCUT2D eigenvalue weighted by atomic mass is 10.0. The summed E-state index contributed by atoms with van der Waals surface area (Å²) in [7, 11) is 2.77. The molecular formula is C19H38ClNO4. The van der Waals surface area contributed by atoms with Crippen molar-refractivity contribution in [1.29, 1.82) is 0 Å². The zero-order valence-electron chi connectivity index (χ0n) is 16.3. The van der Waals surface area contributed by atoms with Crippen molar-refractivity contribution in [2.45, 2.75) is 96.4 Å². The van der Waals surface area contributed by atoms with Crippen molar-refractivity contribution in [3.8, 4) is 0 Å². The Hall–Kier alpha value is -0.810. The third kappa shape index (κ3) is 12.2. The molecule has 1 unspecified atom stereocenters. The highest BCUT2D eigenvalue weighted by Gasteiger charge is 2.36. The second-order valence-corrected chi connectivity index (χ2v) is 7.34. The molecule has 6 heteroatoms. The van der Waals surface area contributed by atoms with Crippen LogP contribution in [0.4, 0.5) is 4.79 Å². The number of unbranched alkanes of at least 4 members (excludes halogenated alkanes) is 11. The number of hydrogen-bond acceptors (Lipinski definition) is 3. The average Bonchev–Trinajstić information content (AvgIpc) is 2.51. The van der Waals surface area contributed by atoms with E-state index in [-0.39, 0.29) is 12.4 Å². The van der Waals surface area contributed by atoms with E-state index in [1.807, 2.05) is 0 Å². The number of carboxylic acids is 1. The van der Waals surface area contributed by atoms with Crippen molar-refractivity contribution in [3.05, 3.63) is 0 Å². The fraction of sp³-hybridized carbons (Fsp3) is 0.895. The largest absolute Gasteiger partial charge is 0.498 e. The third-order valence-electron chi connectivity index (χ3n) is 4.87. The number of carboxylic acid groups (broad SMARTS) is 2. The van der Waals surface area contributed by atoms with Crippen molar-refractivity contribution in [2.75, 3.05) is 14.1 Å². The Labute approximate surface area is 159 Å². The summed E-state index contributed by atoms with van der Waals surface area (Å²) in [5.74, 6) is -1.06. The van der Waals surface area contributed by atoms with E-state index in [9.17, 15) is 19.8 Å². The van der Waals surface area contributed by atoms with Gasteiger partial charge in [0.15, 0.2) is 6.04 Å². The maximum absolute atomic E-state index is 11.3. The molecule has 0 bridgehead atoms. The van der Waals surface area contributed by atoms with Crippen LogP contribution in [0.3, 0.4) is 0 Å². The number of amides is 1. The molecule has 1 atom stereocenters. The maximum Gasteiger partial charge on any atom is 0.363 e. The lowest BCUT2D eigenvalue weighted by Crippen LogP contribution is -2.61. The van der Waals surface area contributed by atoms with Gasteiger partial charge in [0.25, 0.3) is 6.09 Å². The van der Waals surface area contributed by atoms with Crippen molar-refractivity contribution in [3.63, 3.8) is 0 Å². The molecule has 0 aliphatic carbocycles. The Morgan fingerprint density at radius 1 is 0.840 bits per heavy atom. The molecule has 0 fully saturated rings. The highest BCUT2D eigenvalue weighted by atomic mass is 35.5. The molecule has 150 valence electrons. The molecule has 0 aliphatic rings. The highest BCUT2D eigenvalue weighted by molar-refractivity contribution is 5.85. The first-order valence-electron chi connectivity index (χ1n) is 9.62. The van der Waals surface area contributed by atoms with Gasteiger partial charge in [-0.15, -0.1) is 12.4 Å². The number of nitrogens with zero attached hydrogens (tertiary/aromatic N) is 1. The normalized spacial score (nSPS) is 12.4. The first-order valence-corrected chi connectivity index (χ1v) is 9.62. The van der Waals surface area contributed by atoms with E-state index in [4.69, 9.17) is 0 Å². The monoisotopic (exact) mass is 379 g/mol. The quantitative estimate of drug-likeness (QED) is 0.338. The average molecular weight is 380 g/mol. The van der Waals surface area contributed by atoms with Crippen LogP contribution >= 0.6 is 12.4 Å². The number of aliphatic carboxylic acids is 1. The van der Waals surface area contributed by atoms with Gasteiger partial charge in [-0.3, -0.25) is 4.48 Å². The van der Waals surface area contributed by atoms with Gasteiger partial charge in [0.2, 0.25) is 0 Å². The van der Waals surface area contributed by atoms with E-state index in [0.29, 0.717) is 6.42 Å². The minimum atomic E-state index is -1.35. The zero-order valence-corrected chi connectivity index (χ0v) is 17.1. The molecule has 0 saturated heterocycles. The standard InChI is InChI=1S/C19H37NO4.ClH/c1-4-5-6-7-8-9-10-11-12-13-14-15-16-17(18(21)22)20(2,3)19(23)24;/h17H,4-16H2,1-3H3,(H-,21,22,23,24);1H. The predicted octanol–water partition coefficient (Wildman–Crippen LogP) is 4.37. The molecule has 0 heterocycles. The highest BCUT2D eigenvalue weighted by Crippen LogP contribution is 2.17. The molecule has 0 rings (SSSR count). The van der Waals surface area contributed by atoms with Crippen LogP contribution in [0.2, 0.25) is 0 Å². The lowest BCUT2D eigenvalue weighted by molar-refractivity contribution is -0.855. The molecule has 0 spiro atoms. The number of halogens is 1. The summed E-state index contributed by atoms with van der Waals surface area (Å²) < 4.78 is -0.618. The van der Waals surface area contributed by atoms with Crippen LogP contribution in [-0.2, 0) is 4.79 Å². The molecule has 1 amide bonds. The summed E-state index contributed by atoms with van der Waals surface area (Å²) in [5.41, 5.74) is 0. The van der Waals surface area contributed by atoms with Gasteiger partial charge in [-0.2, -0.15) is 0 Å². The van der Waals surface area contributed by atoms with E-state index < -0.39 is 22.6 Å². The van der Waals surface area contributed by atoms with Crippen molar-refractivity contribution < 1.29 is 24.3 Å². The van der Waals surface area contributed by atoms with E-state index in [1.165, 1.54) is 71.9 Å². The van der Waals surface area contributed by atoms with Crippen LogP contribution in [0.5, 0.6) is 0 Å². The molecule has 0 aromatic heterocycles. The van der Waals surface area contributed by atoms with Gasteiger partial charge < -0.3 is 15.0 Å². The lowest BCUT2D eigenvalue weighted by Gasteiger charge is -2.34. The molecule has 1 N–H and O–H groups in total. The van der Waals surface area contributed by atoms with Crippen LogP contribution in [0.15, 0.2) is 0 Å². The van der Waals surface area contributed by atoms with Crippen molar-refractivity contribution >= 4 is 24.5 Å². The second kappa shape index (κ2) is 15.4. The molecule has 0 radical (unpaired) electrons. The Morgan fingerprint density at radius 3 is 1.52 bits per heavy atom. The van der Waals surface area contributed by atoms with Crippen LogP contribution < -0.4 is 5.11 Å². The molecule has 0 aromatic carbocycles. The van der Waals surface area contributed by atoms with Gasteiger partial charge in [-0.1, -0.05) is 77.6 Å². The van der Waals surface area contributed by atoms with Crippen molar-refractivity contribution in [2.24, 2.45) is 0 Å². The summed E-state index contributed by atoms with van der Waals surface area (Å²) in [6.07, 6.45) is 13.6. The summed E-state index contributed by atoms with van der Waals surface area (Å²) in [5, 5.41) is 20.3. The van der Waals surface area contributed by atoms with Gasteiger partial charge in [0.1, 0.15) is 0 Å². The maximum atomic E-state index is 11.3. The number of rotatable bonds is 15. The number of hydrogen-bond donors (Lipinski definition) is 1. The van der Waals surface area contributed by atoms with Crippen LogP contribution in [-0.4, -0.2) is 41.8 Å². The van der Waals surface area contributed by atoms with Crippen LogP contribution in [0, 0.1) is 0 Å². The fourth-order valence-electron chi connectivity index (χ4n) is 3.03. The van der Waals surface area contributed by atoms with E-state index >= 15 is 0 Å². The smallest absolute Gasteiger partial charge is 0.363 e. The summed E-state index contributed by atoms with van der Waals surface area (Å²) in [6, 6.07) is -0.932. The number of carbonyl (C=O) groups is 2.